The van der Waals surface area contributed by atoms with Crippen molar-refractivity contribution in [2.75, 3.05) is 19.7 Å². The van der Waals surface area contributed by atoms with E-state index in [4.69, 9.17) is 4.74 Å². The fourth-order valence-electron chi connectivity index (χ4n) is 0.882. The van der Waals surface area contributed by atoms with E-state index in [2.05, 4.69) is 12.2 Å². The quantitative estimate of drug-likeness (QED) is 0.468. The van der Waals surface area contributed by atoms with Crippen LogP contribution >= 0.6 is 0 Å². The summed E-state index contributed by atoms with van der Waals surface area (Å²) in [6.07, 6.45) is 1.61. The third kappa shape index (κ3) is 2.87. The molecular formula is C6H16BNO. The first-order valence-corrected chi connectivity index (χ1v) is 3.26. The first-order valence-electron chi connectivity index (χ1n) is 3.26. The van der Waals surface area contributed by atoms with E-state index in [1.165, 1.54) is 0 Å². The van der Waals surface area contributed by atoms with Gasteiger partial charge in [-0.1, -0.05) is 6.92 Å². The van der Waals surface area contributed by atoms with Gasteiger partial charge in [0.15, 0.2) is 0 Å². The molecule has 0 aromatic heterocycles. The lowest BCUT2D eigenvalue weighted by Gasteiger charge is -2.21. The lowest BCUT2D eigenvalue weighted by molar-refractivity contribution is 0.0267. The highest BCUT2D eigenvalue weighted by atomic mass is 16.5. The summed E-state index contributed by atoms with van der Waals surface area (Å²) in [6, 6.07) is 0. The van der Waals surface area contributed by atoms with Gasteiger partial charge in [-0.3, -0.25) is 0 Å². The monoisotopic (exact) mass is 129 g/mol. The summed E-state index contributed by atoms with van der Waals surface area (Å²) >= 11 is 0. The SMILES string of the molecule is B.CCC1CNCCO1. The van der Waals surface area contributed by atoms with Crippen LogP contribution in [0.15, 0.2) is 0 Å². The van der Waals surface area contributed by atoms with Crippen molar-refractivity contribution in [2.45, 2.75) is 19.4 Å². The Hall–Kier alpha value is -0.0151. The number of morpholine rings is 1. The minimum absolute atomic E-state index is 0. The lowest BCUT2D eigenvalue weighted by Crippen LogP contribution is -2.37. The van der Waals surface area contributed by atoms with Crippen LogP contribution in [0, 0.1) is 0 Å². The Bertz CT molecular complexity index is 64.1. The molecule has 9 heavy (non-hydrogen) atoms. The van der Waals surface area contributed by atoms with Gasteiger partial charge in [-0.2, -0.15) is 0 Å². The van der Waals surface area contributed by atoms with Crippen LogP contribution < -0.4 is 5.32 Å². The van der Waals surface area contributed by atoms with Crippen LogP contribution in [0.4, 0.5) is 0 Å². The molecule has 0 aliphatic carbocycles. The molecule has 0 spiro atoms. The van der Waals surface area contributed by atoms with Gasteiger partial charge < -0.3 is 10.1 Å². The van der Waals surface area contributed by atoms with Crippen molar-refractivity contribution in [3.8, 4) is 0 Å². The molecule has 1 N–H and O–H groups in total. The second-order valence-corrected chi connectivity index (χ2v) is 2.11. The fourth-order valence-corrected chi connectivity index (χ4v) is 0.882. The zero-order valence-corrected chi connectivity index (χ0v) is 5.31. The molecule has 0 aromatic rings. The smallest absolute Gasteiger partial charge is 0.0814 e. The minimum atomic E-state index is 0. The van der Waals surface area contributed by atoms with Crippen molar-refractivity contribution in [2.24, 2.45) is 0 Å². The summed E-state index contributed by atoms with van der Waals surface area (Å²) in [5.41, 5.74) is 0. The van der Waals surface area contributed by atoms with Crippen molar-refractivity contribution >= 4 is 8.41 Å². The van der Waals surface area contributed by atoms with Crippen LogP contribution in [0.25, 0.3) is 0 Å². The number of ether oxygens (including phenoxy) is 1. The van der Waals surface area contributed by atoms with Gasteiger partial charge in [0.1, 0.15) is 0 Å². The molecule has 1 saturated heterocycles. The highest BCUT2D eigenvalue weighted by Gasteiger charge is 2.08. The summed E-state index contributed by atoms with van der Waals surface area (Å²) in [5.74, 6) is 0. The molecular weight excluding hydrogens is 113 g/mol. The molecule has 0 bridgehead atoms. The molecule has 1 rings (SSSR count). The van der Waals surface area contributed by atoms with E-state index in [-0.39, 0.29) is 8.41 Å². The molecule has 1 atom stereocenters. The summed E-state index contributed by atoms with van der Waals surface area (Å²) in [4.78, 5) is 0. The maximum absolute atomic E-state index is 5.36. The summed E-state index contributed by atoms with van der Waals surface area (Å²) in [6.45, 7) is 5.10. The minimum Gasteiger partial charge on any atom is -0.376 e. The van der Waals surface area contributed by atoms with Crippen molar-refractivity contribution in [1.82, 2.24) is 5.32 Å². The highest BCUT2D eigenvalue weighted by Crippen LogP contribution is 1.98. The zero-order chi connectivity index (χ0) is 5.82. The van der Waals surface area contributed by atoms with Gasteiger partial charge in [-0.25, -0.2) is 0 Å². The Morgan fingerprint density at radius 3 is 2.78 bits per heavy atom. The Morgan fingerprint density at radius 2 is 2.44 bits per heavy atom. The number of nitrogens with one attached hydrogen (secondary N) is 1. The van der Waals surface area contributed by atoms with Crippen LogP contribution in [0.5, 0.6) is 0 Å². The Balaban J connectivity index is 0.000000640. The second-order valence-electron chi connectivity index (χ2n) is 2.11. The molecule has 54 valence electrons. The second kappa shape index (κ2) is 4.83. The van der Waals surface area contributed by atoms with E-state index in [1.807, 2.05) is 0 Å². The van der Waals surface area contributed by atoms with Gasteiger partial charge in [0.05, 0.1) is 21.1 Å². The summed E-state index contributed by atoms with van der Waals surface area (Å²) in [5, 5.41) is 3.26. The van der Waals surface area contributed by atoms with Crippen LogP contribution in [0.1, 0.15) is 13.3 Å². The molecule has 1 heterocycles. The molecule has 0 amide bonds. The average molecular weight is 129 g/mol. The van der Waals surface area contributed by atoms with E-state index >= 15 is 0 Å². The van der Waals surface area contributed by atoms with Gasteiger partial charge in [-0.15, -0.1) is 0 Å². The zero-order valence-electron chi connectivity index (χ0n) is 5.31. The Kier molecular flexibility index (Phi) is 4.82. The van der Waals surface area contributed by atoms with E-state index in [9.17, 15) is 0 Å². The van der Waals surface area contributed by atoms with E-state index in [0.29, 0.717) is 6.10 Å². The fraction of sp³-hybridized carbons (Fsp3) is 1.00. The standard InChI is InChI=1S/C6H13NO.BH3/c1-2-6-5-7-3-4-8-6;/h6-7H,2-5H2,1H3;1H3. The van der Waals surface area contributed by atoms with Gasteiger partial charge >= 0.3 is 0 Å². The first-order chi connectivity index (χ1) is 3.93. The molecule has 0 radical (unpaired) electrons. The molecule has 3 heteroatoms. The predicted octanol–water partition coefficient (Wildman–Crippen LogP) is -0.799. The van der Waals surface area contributed by atoms with Crippen LogP contribution in [0.3, 0.4) is 0 Å². The molecule has 1 aliphatic heterocycles. The van der Waals surface area contributed by atoms with Crippen molar-refractivity contribution in [3.63, 3.8) is 0 Å². The topological polar surface area (TPSA) is 21.3 Å². The van der Waals surface area contributed by atoms with E-state index in [0.717, 1.165) is 26.1 Å². The third-order valence-corrected chi connectivity index (χ3v) is 1.46. The largest absolute Gasteiger partial charge is 0.376 e. The molecule has 1 unspecified atom stereocenters. The number of rotatable bonds is 1. The molecule has 1 fully saturated rings. The lowest BCUT2D eigenvalue weighted by atomic mass is 10.2. The highest BCUT2D eigenvalue weighted by molar-refractivity contribution is 5.75. The Morgan fingerprint density at radius 1 is 1.67 bits per heavy atom. The van der Waals surface area contributed by atoms with Gasteiger partial charge in [-0.05, 0) is 6.42 Å². The maximum Gasteiger partial charge on any atom is 0.0814 e. The summed E-state index contributed by atoms with van der Waals surface area (Å²) in [7, 11) is 0. The summed E-state index contributed by atoms with van der Waals surface area (Å²) < 4.78 is 5.36. The molecule has 2 nitrogen and oxygen atoms in total. The van der Waals surface area contributed by atoms with Crippen LogP contribution in [-0.2, 0) is 4.74 Å². The van der Waals surface area contributed by atoms with E-state index < -0.39 is 0 Å². The Labute approximate surface area is 58.5 Å². The van der Waals surface area contributed by atoms with Gasteiger partial charge in [0.2, 0.25) is 0 Å². The van der Waals surface area contributed by atoms with Crippen molar-refractivity contribution in [3.05, 3.63) is 0 Å². The van der Waals surface area contributed by atoms with E-state index in [1.54, 1.807) is 0 Å². The number of hydrogen-bond acceptors (Lipinski definition) is 2. The van der Waals surface area contributed by atoms with Crippen molar-refractivity contribution in [1.29, 1.82) is 0 Å². The van der Waals surface area contributed by atoms with Crippen LogP contribution in [-0.4, -0.2) is 34.2 Å². The van der Waals surface area contributed by atoms with Crippen molar-refractivity contribution < 1.29 is 4.74 Å². The normalized spacial score (nSPS) is 27.0. The molecule has 1 aliphatic rings. The average Bonchev–Trinajstić information content (AvgIpc) is 1.90. The number of hydrogen-bond donors (Lipinski definition) is 1. The maximum atomic E-state index is 5.36. The third-order valence-electron chi connectivity index (χ3n) is 1.46. The molecule has 0 saturated carbocycles. The molecule has 0 aromatic carbocycles. The van der Waals surface area contributed by atoms with Gasteiger partial charge in [0, 0.05) is 13.1 Å². The predicted molar refractivity (Wildman–Crippen MR) is 42.8 cm³/mol. The first kappa shape index (κ1) is 8.98. The van der Waals surface area contributed by atoms with Crippen LogP contribution in [0.2, 0.25) is 0 Å². The van der Waals surface area contributed by atoms with Gasteiger partial charge in [0.25, 0.3) is 0 Å².